The van der Waals surface area contributed by atoms with Gasteiger partial charge in [-0.2, -0.15) is 0 Å². The fraction of sp³-hybridized carbons (Fsp3) is 0.100. The van der Waals surface area contributed by atoms with Gasteiger partial charge in [-0.05, 0) is 57.8 Å². The average Bonchev–Trinajstić information content (AvgIpc) is 3.06. The highest BCUT2D eigenvalue weighted by Gasteiger charge is 2.50. The van der Waals surface area contributed by atoms with E-state index in [1.807, 2.05) is 0 Å². The zero-order chi connectivity index (χ0) is 29.5. The van der Waals surface area contributed by atoms with Crippen molar-refractivity contribution in [3.05, 3.63) is 192 Å². The van der Waals surface area contributed by atoms with Crippen LogP contribution >= 0.6 is 0 Å². The molecule has 0 spiro atoms. The van der Waals surface area contributed by atoms with Crippen LogP contribution in [0, 0.1) is 13.8 Å². The molecule has 6 rings (SSSR count). The summed E-state index contributed by atoms with van der Waals surface area (Å²) in [5.41, 5.74) is 5.12. The van der Waals surface area contributed by atoms with Gasteiger partial charge in [0, 0.05) is 0 Å². The lowest BCUT2D eigenvalue weighted by Crippen LogP contribution is -2.75. The molecule has 0 N–H and O–H groups in total. The van der Waals surface area contributed by atoms with Crippen molar-refractivity contribution in [1.82, 2.24) is 0 Å². The third kappa shape index (κ3) is 6.25. The van der Waals surface area contributed by atoms with E-state index in [1.165, 1.54) is 43.0 Å². The van der Waals surface area contributed by atoms with Crippen molar-refractivity contribution in [2.75, 3.05) is 0 Å². The predicted molar refractivity (Wildman–Crippen MR) is 187 cm³/mol. The Morgan fingerprint density at radius 2 is 0.628 bits per heavy atom. The first-order valence-corrected chi connectivity index (χ1v) is 19.3. The molecule has 0 aliphatic carbocycles. The number of rotatable bonds is 10. The molecule has 0 amide bonds. The molecule has 6 aromatic rings. The standard InChI is InChI=1S/C40H38OSi2/c1-33-23-27-39(28-24-33)42(37-19-11-5-12-20-37,31-35-15-7-3-8-16-35)41-43(38-21-13-6-14-22-38,32-36-17-9-4-10-18-36)40-29-25-34(2)26-30-40/h3-30H,31-32H2,1-2H3. The first kappa shape index (κ1) is 28.8. The van der Waals surface area contributed by atoms with Crippen LogP contribution in [0.2, 0.25) is 0 Å². The molecule has 43 heavy (non-hydrogen) atoms. The highest BCUT2D eigenvalue weighted by atomic mass is 28.4. The Bertz CT molecular complexity index is 1590. The minimum Gasteiger partial charge on any atom is -0.441 e. The number of hydrogen-bond acceptors (Lipinski definition) is 1. The predicted octanol–water partition coefficient (Wildman–Crippen LogP) is 6.70. The summed E-state index contributed by atoms with van der Waals surface area (Å²) in [6, 6.07) is 64.1. The van der Waals surface area contributed by atoms with Crippen molar-refractivity contribution in [3.8, 4) is 0 Å². The Morgan fingerprint density at radius 1 is 0.349 bits per heavy atom. The third-order valence-corrected chi connectivity index (χ3v) is 18.1. The van der Waals surface area contributed by atoms with Gasteiger partial charge in [-0.3, -0.25) is 0 Å². The van der Waals surface area contributed by atoms with Gasteiger partial charge in [-0.25, -0.2) is 0 Å². The van der Waals surface area contributed by atoms with Crippen molar-refractivity contribution >= 4 is 37.4 Å². The second-order valence-electron chi connectivity index (χ2n) is 11.5. The van der Waals surface area contributed by atoms with E-state index in [9.17, 15) is 0 Å². The summed E-state index contributed by atoms with van der Waals surface area (Å²) in [7, 11) is -5.84. The first-order valence-electron chi connectivity index (χ1n) is 15.1. The lowest BCUT2D eigenvalue weighted by Gasteiger charge is -2.44. The smallest absolute Gasteiger partial charge is 0.249 e. The van der Waals surface area contributed by atoms with Gasteiger partial charge < -0.3 is 4.12 Å². The lowest BCUT2D eigenvalue weighted by molar-refractivity contribution is 0.566. The average molecular weight is 591 g/mol. The molecule has 0 aliphatic rings. The second kappa shape index (κ2) is 12.9. The fourth-order valence-corrected chi connectivity index (χ4v) is 17.0. The van der Waals surface area contributed by atoms with Gasteiger partial charge in [0.15, 0.2) is 0 Å². The zero-order valence-corrected chi connectivity index (χ0v) is 27.0. The van der Waals surface area contributed by atoms with Gasteiger partial charge in [-0.1, -0.05) is 181 Å². The molecule has 0 bridgehead atoms. The molecule has 0 fully saturated rings. The van der Waals surface area contributed by atoms with Gasteiger partial charge in [0.25, 0.3) is 0 Å². The summed E-state index contributed by atoms with van der Waals surface area (Å²) in [6.07, 6.45) is 0. The molecule has 0 saturated carbocycles. The summed E-state index contributed by atoms with van der Waals surface area (Å²) in [5.74, 6) is 0. The molecule has 212 valence electrons. The number of benzene rings is 6. The summed E-state index contributed by atoms with van der Waals surface area (Å²) in [5, 5.41) is 5.22. The summed E-state index contributed by atoms with van der Waals surface area (Å²) in [4.78, 5) is 0. The molecule has 0 saturated heterocycles. The molecule has 0 aromatic heterocycles. The minimum atomic E-state index is -2.92. The van der Waals surface area contributed by atoms with Crippen LogP contribution < -0.4 is 20.7 Å². The van der Waals surface area contributed by atoms with Crippen LogP contribution in [0.15, 0.2) is 170 Å². The number of aryl methyl sites for hydroxylation is 2. The molecule has 1 nitrogen and oxygen atoms in total. The maximum atomic E-state index is 8.34. The van der Waals surface area contributed by atoms with E-state index in [-0.39, 0.29) is 0 Å². The fourth-order valence-electron chi connectivity index (χ4n) is 6.17. The Hall–Kier alpha value is -4.29. The zero-order valence-electron chi connectivity index (χ0n) is 25.0. The van der Waals surface area contributed by atoms with E-state index in [4.69, 9.17) is 4.12 Å². The normalized spacial score (nSPS) is 14.0. The van der Waals surface area contributed by atoms with Crippen molar-refractivity contribution in [2.24, 2.45) is 0 Å². The van der Waals surface area contributed by atoms with Crippen LogP contribution in [0.5, 0.6) is 0 Å². The van der Waals surface area contributed by atoms with Crippen LogP contribution in [0.25, 0.3) is 0 Å². The first-order chi connectivity index (χ1) is 21.1. The van der Waals surface area contributed by atoms with E-state index in [1.54, 1.807) is 0 Å². The van der Waals surface area contributed by atoms with Crippen molar-refractivity contribution in [3.63, 3.8) is 0 Å². The summed E-state index contributed by atoms with van der Waals surface area (Å²) >= 11 is 0. The van der Waals surface area contributed by atoms with E-state index >= 15 is 0 Å². The molecule has 3 heteroatoms. The van der Waals surface area contributed by atoms with Crippen LogP contribution in [0.1, 0.15) is 22.3 Å². The SMILES string of the molecule is Cc1ccc([Si](Cc2ccccc2)(O[Si](Cc2ccccc2)(c2ccccc2)c2ccc(C)cc2)c2ccccc2)cc1. The summed E-state index contributed by atoms with van der Waals surface area (Å²) in [6.45, 7) is 4.33. The Morgan fingerprint density at radius 3 is 0.953 bits per heavy atom. The van der Waals surface area contributed by atoms with Gasteiger partial charge in [0.2, 0.25) is 16.6 Å². The lowest BCUT2D eigenvalue weighted by atomic mass is 10.2. The molecular formula is C40H38OSi2. The van der Waals surface area contributed by atoms with Gasteiger partial charge in [-0.15, -0.1) is 0 Å². The third-order valence-electron chi connectivity index (χ3n) is 8.46. The monoisotopic (exact) mass is 590 g/mol. The van der Waals surface area contributed by atoms with E-state index < -0.39 is 16.6 Å². The molecule has 6 aromatic carbocycles. The highest BCUT2D eigenvalue weighted by molar-refractivity contribution is 7.08. The Labute approximate surface area is 258 Å². The van der Waals surface area contributed by atoms with E-state index in [2.05, 4.69) is 184 Å². The van der Waals surface area contributed by atoms with E-state index in [0.717, 1.165) is 12.1 Å². The van der Waals surface area contributed by atoms with Gasteiger partial charge in [0.1, 0.15) is 0 Å². The second-order valence-corrected chi connectivity index (χ2v) is 18.7. The Kier molecular flexibility index (Phi) is 8.66. The molecule has 0 radical (unpaired) electrons. The largest absolute Gasteiger partial charge is 0.441 e. The minimum absolute atomic E-state index is 0.850. The molecule has 2 unspecified atom stereocenters. The van der Waals surface area contributed by atoms with Crippen molar-refractivity contribution in [2.45, 2.75) is 25.9 Å². The van der Waals surface area contributed by atoms with Crippen LogP contribution in [-0.2, 0) is 16.2 Å². The highest BCUT2D eigenvalue weighted by Crippen LogP contribution is 2.25. The quantitative estimate of drug-likeness (QED) is 0.161. The number of hydrogen-bond donors (Lipinski definition) is 0. The van der Waals surface area contributed by atoms with E-state index in [0.29, 0.717) is 0 Å². The van der Waals surface area contributed by atoms with Crippen molar-refractivity contribution < 1.29 is 4.12 Å². The van der Waals surface area contributed by atoms with Crippen LogP contribution in [0.3, 0.4) is 0 Å². The maximum Gasteiger partial charge on any atom is 0.249 e. The van der Waals surface area contributed by atoms with Crippen LogP contribution in [0.4, 0.5) is 0 Å². The van der Waals surface area contributed by atoms with Crippen LogP contribution in [-0.4, -0.2) is 16.6 Å². The summed E-state index contributed by atoms with van der Waals surface area (Å²) < 4.78 is 8.34. The molecule has 0 aliphatic heterocycles. The topological polar surface area (TPSA) is 9.23 Å². The van der Waals surface area contributed by atoms with Gasteiger partial charge in [0.05, 0.1) is 0 Å². The molecule has 0 heterocycles. The molecule has 2 atom stereocenters. The maximum absolute atomic E-state index is 8.34. The Balaban J connectivity index is 1.68. The van der Waals surface area contributed by atoms with Crippen molar-refractivity contribution in [1.29, 1.82) is 0 Å². The molecular weight excluding hydrogens is 553 g/mol. The van der Waals surface area contributed by atoms with Gasteiger partial charge >= 0.3 is 0 Å².